The fourth-order valence-corrected chi connectivity index (χ4v) is 2.15. The summed E-state index contributed by atoms with van der Waals surface area (Å²) in [5, 5.41) is 4.33. The molecule has 0 saturated heterocycles. The smallest absolute Gasteiger partial charge is 0.250 e. The first-order valence-electron chi connectivity index (χ1n) is 6.25. The molecule has 2 aromatic heterocycles. The molecular weight excluding hydrogens is 238 g/mol. The number of benzene rings is 1. The first kappa shape index (κ1) is 11.7. The Morgan fingerprint density at radius 2 is 1.95 bits per heavy atom. The molecule has 2 heterocycles. The number of nitrogens with zero attached hydrogens (tertiary/aromatic N) is 3. The van der Waals surface area contributed by atoms with Gasteiger partial charge in [0.25, 0.3) is 0 Å². The van der Waals surface area contributed by atoms with Gasteiger partial charge in [-0.3, -0.25) is 4.40 Å². The average Bonchev–Trinajstić information content (AvgIpc) is 2.72. The molecule has 0 atom stereocenters. The van der Waals surface area contributed by atoms with Crippen molar-refractivity contribution >= 4 is 5.65 Å². The molecule has 96 valence electrons. The summed E-state index contributed by atoms with van der Waals surface area (Å²) in [6, 6.07) is 11.8. The van der Waals surface area contributed by atoms with Gasteiger partial charge < -0.3 is 0 Å². The predicted octanol–water partition coefficient (Wildman–Crippen LogP) is 2.16. The molecule has 19 heavy (non-hydrogen) atoms. The highest BCUT2D eigenvalue weighted by molar-refractivity contribution is 5.36. The molecule has 0 aliphatic heterocycles. The highest BCUT2D eigenvalue weighted by atomic mass is 16.2. The van der Waals surface area contributed by atoms with Crippen LogP contribution in [0.25, 0.3) is 5.65 Å². The van der Waals surface area contributed by atoms with Gasteiger partial charge in [0.05, 0.1) is 6.54 Å². The van der Waals surface area contributed by atoms with Crippen LogP contribution in [0.1, 0.15) is 16.7 Å². The first-order valence-corrected chi connectivity index (χ1v) is 6.25. The van der Waals surface area contributed by atoms with E-state index in [1.807, 2.05) is 24.3 Å². The van der Waals surface area contributed by atoms with Crippen LogP contribution < -0.4 is 5.69 Å². The number of hydrogen-bond donors (Lipinski definition) is 0. The molecule has 0 spiro atoms. The largest absolute Gasteiger partial charge is 0.350 e. The van der Waals surface area contributed by atoms with Crippen LogP contribution >= 0.6 is 0 Å². The van der Waals surface area contributed by atoms with Crippen molar-refractivity contribution < 1.29 is 0 Å². The van der Waals surface area contributed by atoms with Crippen molar-refractivity contribution in [3.05, 3.63) is 69.8 Å². The normalized spacial score (nSPS) is 11.1. The highest BCUT2D eigenvalue weighted by Gasteiger charge is 2.06. The number of rotatable bonds is 2. The summed E-state index contributed by atoms with van der Waals surface area (Å²) in [7, 11) is 0. The van der Waals surface area contributed by atoms with Crippen LogP contribution in [0.2, 0.25) is 0 Å². The third-order valence-corrected chi connectivity index (χ3v) is 3.39. The van der Waals surface area contributed by atoms with Crippen LogP contribution in [-0.4, -0.2) is 14.2 Å². The van der Waals surface area contributed by atoms with Crippen LogP contribution in [0.3, 0.4) is 0 Å². The molecule has 1 aromatic carbocycles. The first-order chi connectivity index (χ1) is 9.15. The van der Waals surface area contributed by atoms with Gasteiger partial charge in [0.2, 0.25) is 0 Å². The van der Waals surface area contributed by atoms with E-state index in [1.54, 1.807) is 10.6 Å². The maximum atomic E-state index is 12.1. The van der Waals surface area contributed by atoms with E-state index in [4.69, 9.17) is 0 Å². The lowest BCUT2D eigenvalue weighted by atomic mass is 10.1. The van der Waals surface area contributed by atoms with Crippen LogP contribution in [-0.2, 0) is 6.54 Å². The third-order valence-electron chi connectivity index (χ3n) is 3.39. The highest BCUT2D eigenvalue weighted by Crippen LogP contribution is 2.10. The summed E-state index contributed by atoms with van der Waals surface area (Å²) >= 11 is 0. The monoisotopic (exact) mass is 253 g/mol. The minimum absolute atomic E-state index is 0.103. The Hall–Kier alpha value is -2.36. The summed E-state index contributed by atoms with van der Waals surface area (Å²) in [5.74, 6) is 0. The summed E-state index contributed by atoms with van der Waals surface area (Å²) in [6.45, 7) is 4.66. The van der Waals surface area contributed by atoms with E-state index in [2.05, 4.69) is 31.1 Å². The molecule has 3 rings (SSSR count). The van der Waals surface area contributed by atoms with E-state index in [9.17, 15) is 4.79 Å². The molecular formula is C15H15N3O. The van der Waals surface area contributed by atoms with Crippen LogP contribution in [0.5, 0.6) is 0 Å². The molecule has 0 aliphatic carbocycles. The van der Waals surface area contributed by atoms with Crippen molar-refractivity contribution in [2.24, 2.45) is 0 Å². The average molecular weight is 253 g/mol. The predicted molar refractivity (Wildman–Crippen MR) is 74.5 cm³/mol. The molecule has 0 bridgehead atoms. The van der Waals surface area contributed by atoms with E-state index < -0.39 is 0 Å². The van der Waals surface area contributed by atoms with Crippen LogP contribution in [0.4, 0.5) is 0 Å². The Morgan fingerprint density at radius 1 is 1.11 bits per heavy atom. The molecule has 0 aliphatic rings. The van der Waals surface area contributed by atoms with Gasteiger partial charge in [0, 0.05) is 6.20 Å². The zero-order chi connectivity index (χ0) is 13.4. The SMILES string of the molecule is Cc1ccc(Cn2nc3ccccn3c2=O)cc1C. The number of pyridine rings is 1. The molecule has 0 unspecified atom stereocenters. The lowest BCUT2D eigenvalue weighted by Crippen LogP contribution is -2.21. The molecule has 3 aromatic rings. The molecule has 0 amide bonds. The Morgan fingerprint density at radius 3 is 2.68 bits per heavy atom. The second-order valence-corrected chi connectivity index (χ2v) is 4.79. The Balaban J connectivity index is 2.03. The lowest BCUT2D eigenvalue weighted by Gasteiger charge is -2.04. The molecule has 0 saturated carbocycles. The van der Waals surface area contributed by atoms with Gasteiger partial charge in [-0.05, 0) is 42.7 Å². The van der Waals surface area contributed by atoms with Gasteiger partial charge in [-0.1, -0.05) is 24.3 Å². The summed E-state index contributed by atoms with van der Waals surface area (Å²) in [6.07, 6.45) is 1.74. The summed E-state index contributed by atoms with van der Waals surface area (Å²) in [5.41, 5.74) is 4.15. The van der Waals surface area contributed by atoms with E-state index >= 15 is 0 Å². The molecule has 0 fully saturated rings. The molecule has 0 N–H and O–H groups in total. The standard InChI is InChI=1S/C15H15N3O/c1-11-6-7-13(9-12(11)2)10-18-15(19)17-8-4-3-5-14(17)16-18/h3-9H,10H2,1-2H3. The van der Waals surface area contributed by atoms with Gasteiger partial charge in [-0.15, -0.1) is 5.10 Å². The summed E-state index contributed by atoms with van der Waals surface area (Å²) < 4.78 is 3.06. The van der Waals surface area contributed by atoms with Crippen LogP contribution in [0, 0.1) is 13.8 Å². The minimum Gasteiger partial charge on any atom is -0.250 e. The van der Waals surface area contributed by atoms with Crippen molar-refractivity contribution in [1.82, 2.24) is 14.2 Å². The van der Waals surface area contributed by atoms with Crippen molar-refractivity contribution in [3.8, 4) is 0 Å². The number of aryl methyl sites for hydroxylation is 2. The number of aromatic nitrogens is 3. The fraction of sp³-hybridized carbons (Fsp3) is 0.200. The van der Waals surface area contributed by atoms with E-state index in [0.717, 1.165) is 5.56 Å². The third kappa shape index (κ3) is 2.05. The second kappa shape index (κ2) is 4.39. The van der Waals surface area contributed by atoms with Gasteiger partial charge in [-0.25, -0.2) is 9.48 Å². The van der Waals surface area contributed by atoms with Gasteiger partial charge in [0.1, 0.15) is 0 Å². The Bertz CT molecular complexity index is 799. The summed E-state index contributed by atoms with van der Waals surface area (Å²) in [4.78, 5) is 12.1. The molecule has 4 heteroatoms. The number of hydrogen-bond acceptors (Lipinski definition) is 2. The lowest BCUT2D eigenvalue weighted by molar-refractivity contribution is 0.658. The van der Waals surface area contributed by atoms with E-state index in [1.165, 1.54) is 15.8 Å². The second-order valence-electron chi connectivity index (χ2n) is 4.79. The van der Waals surface area contributed by atoms with Crippen molar-refractivity contribution in [2.45, 2.75) is 20.4 Å². The maximum Gasteiger partial charge on any atom is 0.350 e. The zero-order valence-corrected chi connectivity index (χ0v) is 11.0. The maximum absolute atomic E-state index is 12.1. The number of fused-ring (bicyclic) bond motifs is 1. The van der Waals surface area contributed by atoms with Crippen LogP contribution in [0.15, 0.2) is 47.4 Å². The van der Waals surface area contributed by atoms with Crippen molar-refractivity contribution in [3.63, 3.8) is 0 Å². The fourth-order valence-electron chi connectivity index (χ4n) is 2.15. The van der Waals surface area contributed by atoms with Gasteiger partial charge >= 0.3 is 5.69 Å². The minimum atomic E-state index is -0.103. The molecule has 0 radical (unpaired) electrons. The zero-order valence-electron chi connectivity index (χ0n) is 11.0. The quantitative estimate of drug-likeness (QED) is 0.702. The molecule has 4 nitrogen and oxygen atoms in total. The van der Waals surface area contributed by atoms with Gasteiger partial charge in [0.15, 0.2) is 5.65 Å². The van der Waals surface area contributed by atoms with E-state index in [-0.39, 0.29) is 5.69 Å². The van der Waals surface area contributed by atoms with Crippen molar-refractivity contribution in [2.75, 3.05) is 0 Å². The van der Waals surface area contributed by atoms with Crippen molar-refractivity contribution in [1.29, 1.82) is 0 Å². The van der Waals surface area contributed by atoms with Gasteiger partial charge in [-0.2, -0.15) is 0 Å². The van der Waals surface area contributed by atoms with E-state index in [0.29, 0.717) is 12.2 Å². The topological polar surface area (TPSA) is 39.3 Å². The Labute approximate surface area is 110 Å². The Kier molecular flexibility index (Phi) is 2.71.